The second kappa shape index (κ2) is 7.40. The predicted molar refractivity (Wildman–Crippen MR) is 102 cm³/mol. The molecular weight excluding hydrogens is 418 g/mol. The van der Waals surface area contributed by atoms with Crippen LogP contribution in [0.5, 0.6) is 11.5 Å². The summed E-state index contributed by atoms with van der Waals surface area (Å²) in [5, 5.41) is 0. The van der Waals surface area contributed by atoms with Crippen LogP contribution >= 0.6 is 27.3 Å². The van der Waals surface area contributed by atoms with Crippen molar-refractivity contribution < 1.29 is 19.1 Å². The van der Waals surface area contributed by atoms with E-state index in [2.05, 4.69) is 15.9 Å². The molecule has 0 bridgehead atoms. The zero-order valence-corrected chi connectivity index (χ0v) is 16.5. The number of hydrogen-bond donors (Lipinski definition) is 0. The number of carbonyl (C=O) groups is 2. The fraction of sp³-hybridized carbons (Fsp3) is 0.368. The van der Waals surface area contributed by atoms with Crippen LogP contribution in [0.3, 0.4) is 0 Å². The molecule has 4 rings (SSSR count). The standard InChI is InChI=1S/C19H18BrNO4S/c20-17-4-3-16(26-17)19(23)21-7-5-12(6-8-21)18(22)13-1-2-14-15(11-13)25-10-9-24-14/h1-4,11-12H,5-10H2. The Balaban J connectivity index is 1.40. The topological polar surface area (TPSA) is 55.8 Å². The van der Waals surface area contributed by atoms with Crippen molar-refractivity contribution in [1.82, 2.24) is 4.90 Å². The van der Waals surface area contributed by atoms with Crippen molar-refractivity contribution in [1.29, 1.82) is 0 Å². The van der Waals surface area contributed by atoms with E-state index in [9.17, 15) is 9.59 Å². The summed E-state index contributed by atoms with van der Waals surface area (Å²) in [5.41, 5.74) is 0.654. The number of Topliss-reactive ketones (excluding diaryl/α,β-unsaturated/α-hetero) is 1. The van der Waals surface area contributed by atoms with Gasteiger partial charge >= 0.3 is 0 Å². The summed E-state index contributed by atoms with van der Waals surface area (Å²) in [7, 11) is 0. The SMILES string of the molecule is O=C(c1ccc2c(c1)OCCO2)C1CCN(C(=O)c2ccc(Br)s2)CC1. The Kier molecular flexibility index (Phi) is 5.00. The number of ether oxygens (including phenoxy) is 2. The van der Waals surface area contributed by atoms with Gasteiger partial charge in [-0.15, -0.1) is 11.3 Å². The molecule has 7 heteroatoms. The molecule has 2 aliphatic heterocycles. The van der Waals surface area contributed by atoms with Gasteiger partial charge in [-0.1, -0.05) is 0 Å². The highest BCUT2D eigenvalue weighted by Crippen LogP contribution is 2.33. The van der Waals surface area contributed by atoms with E-state index in [0.29, 0.717) is 56.2 Å². The first kappa shape index (κ1) is 17.5. The first-order chi connectivity index (χ1) is 12.6. The van der Waals surface area contributed by atoms with Crippen LogP contribution in [0.4, 0.5) is 0 Å². The van der Waals surface area contributed by atoms with E-state index in [1.807, 2.05) is 17.0 Å². The number of nitrogens with zero attached hydrogens (tertiary/aromatic N) is 1. The average molecular weight is 436 g/mol. The van der Waals surface area contributed by atoms with Crippen molar-refractivity contribution in [3.05, 3.63) is 44.6 Å². The lowest BCUT2D eigenvalue weighted by Crippen LogP contribution is -2.40. The fourth-order valence-corrected chi connectivity index (χ4v) is 4.72. The summed E-state index contributed by atoms with van der Waals surface area (Å²) in [6.45, 7) is 2.25. The van der Waals surface area contributed by atoms with E-state index >= 15 is 0 Å². The smallest absolute Gasteiger partial charge is 0.263 e. The maximum atomic E-state index is 12.8. The third kappa shape index (κ3) is 3.50. The lowest BCUT2D eigenvalue weighted by molar-refractivity contribution is 0.0654. The summed E-state index contributed by atoms with van der Waals surface area (Å²) in [6.07, 6.45) is 1.37. The quantitative estimate of drug-likeness (QED) is 0.683. The van der Waals surface area contributed by atoms with Crippen molar-refractivity contribution in [3.8, 4) is 11.5 Å². The summed E-state index contributed by atoms with van der Waals surface area (Å²) < 4.78 is 12.0. The van der Waals surface area contributed by atoms with Crippen LogP contribution in [0.2, 0.25) is 0 Å². The van der Waals surface area contributed by atoms with Gasteiger partial charge in [0.1, 0.15) is 13.2 Å². The number of ketones is 1. The minimum Gasteiger partial charge on any atom is -0.486 e. The van der Waals surface area contributed by atoms with Gasteiger partial charge in [0.25, 0.3) is 5.91 Å². The van der Waals surface area contributed by atoms with Gasteiger partial charge < -0.3 is 14.4 Å². The molecule has 2 aromatic rings. The Morgan fingerprint density at radius 2 is 1.77 bits per heavy atom. The molecule has 0 saturated carbocycles. The predicted octanol–water partition coefficient (Wildman–Crippen LogP) is 4.02. The van der Waals surface area contributed by atoms with E-state index in [-0.39, 0.29) is 17.6 Å². The number of rotatable bonds is 3. The second-order valence-electron chi connectivity index (χ2n) is 6.39. The molecule has 0 unspecified atom stereocenters. The molecule has 5 nitrogen and oxygen atoms in total. The number of carbonyl (C=O) groups excluding carboxylic acids is 2. The van der Waals surface area contributed by atoms with Crippen LogP contribution < -0.4 is 9.47 Å². The highest BCUT2D eigenvalue weighted by molar-refractivity contribution is 9.11. The number of likely N-dealkylation sites (tertiary alicyclic amines) is 1. The Labute approximate surface area is 164 Å². The van der Waals surface area contributed by atoms with Crippen molar-refractivity contribution >= 4 is 39.0 Å². The van der Waals surface area contributed by atoms with Crippen LogP contribution in [-0.4, -0.2) is 42.9 Å². The lowest BCUT2D eigenvalue weighted by atomic mass is 9.88. The van der Waals surface area contributed by atoms with E-state index in [1.165, 1.54) is 11.3 Å². The number of benzene rings is 1. The molecule has 26 heavy (non-hydrogen) atoms. The number of thiophene rings is 1. The Morgan fingerprint density at radius 1 is 1.04 bits per heavy atom. The van der Waals surface area contributed by atoms with Crippen LogP contribution in [0, 0.1) is 5.92 Å². The van der Waals surface area contributed by atoms with E-state index in [1.54, 1.807) is 18.2 Å². The average Bonchev–Trinajstić information content (AvgIpc) is 3.13. The van der Waals surface area contributed by atoms with Crippen molar-refractivity contribution in [2.45, 2.75) is 12.8 Å². The summed E-state index contributed by atoms with van der Waals surface area (Å²) in [5.74, 6) is 1.43. The monoisotopic (exact) mass is 435 g/mol. The zero-order chi connectivity index (χ0) is 18.1. The molecule has 1 aromatic carbocycles. The number of fused-ring (bicyclic) bond motifs is 1. The van der Waals surface area contributed by atoms with Crippen molar-refractivity contribution in [2.24, 2.45) is 5.92 Å². The Morgan fingerprint density at radius 3 is 2.46 bits per heavy atom. The summed E-state index contributed by atoms with van der Waals surface area (Å²) >= 11 is 4.83. The third-order valence-electron chi connectivity index (χ3n) is 4.76. The second-order valence-corrected chi connectivity index (χ2v) is 8.86. The molecule has 1 aromatic heterocycles. The van der Waals surface area contributed by atoms with Gasteiger partial charge in [0, 0.05) is 24.6 Å². The Bertz CT molecular complexity index is 842. The van der Waals surface area contributed by atoms with Crippen LogP contribution in [0.25, 0.3) is 0 Å². The minimum atomic E-state index is -0.0586. The highest BCUT2D eigenvalue weighted by Gasteiger charge is 2.29. The maximum Gasteiger partial charge on any atom is 0.263 e. The Hall–Kier alpha value is -1.86. The lowest BCUT2D eigenvalue weighted by Gasteiger charge is -2.31. The van der Waals surface area contributed by atoms with E-state index in [4.69, 9.17) is 9.47 Å². The summed E-state index contributed by atoms with van der Waals surface area (Å²) in [4.78, 5) is 27.9. The van der Waals surface area contributed by atoms with Gasteiger partial charge in [-0.25, -0.2) is 0 Å². The molecule has 1 fully saturated rings. The molecule has 0 aliphatic carbocycles. The van der Waals surface area contributed by atoms with Crippen LogP contribution in [0.15, 0.2) is 34.1 Å². The minimum absolute atomic E-state index is 0.0472. The molecule has 0 N–H and O–H groups in total. The van der Waals surface area contributed by atoms with Crippen molar-refractivity contribution in [2.75, 3.05) is 26.3 Å². The first-order valence-electron chi connectivity index (χ1n) is 8.60. The van der Waals surface area contributed by atoms with E-state index in [0.717, 1.165) is 8.66 Å². The third-order valence-corrected chi connectivity index (χ3v) is 6.38. The van der Waals surface area contributed by atoms with Gasteiger partial charge in [-0.2, -0.15) is 0 Å². The van der Waals surface area contributed by atoms with Gasteiger partial charge in [-0.05, 0) is 59.1 Å². The zero-order valence-electron chi connectivity index (χ0n) is 14.1. The molecule has 0 spiro atoms. The van der Waals surface area contributed by atoms with Gasteiger partial charge in [0.05, 0.1) is 8.66 Å². The van der Waals surface area contributed by atoms with Gasteiger partial charge in [-0.3, -0.25) is 9.59 Å². The van der Waals surface area contributed by atoms with Crippen molar-refractivity contribution in [3.63, 3.8) is 0 Å². The first-order valence-corrected chi connectivity index (χ1v) is 10.2. The van der Waals surface area contributed by atoms with Gasteiger partial charge in [0.2, 0.25) is 0 Å². The summed E-state index contributed by atoms with van der Waals surface area (Å²) in [6, 6.07) is 9.10. The van der Waals surface area contributed by atoms with Crippen LogP contribution in [0.1, 0.15) is 32.9 Å². The normalized spacial score (nSPS) is 17.2. The highest BCUT2D eigenvalue weighted by atomic mass is 79.9. The van der Waals surface area contributed by atoms with Gasteiger partial charge in [0.15, 0.2) is 17.3 Å². The molecule has 1 saturated heterocycles. The van der Waals surface area contributed by atoms with Crippen LogP contribution in [-0.2, 0) is 0 Å². The fourth-order valence-electron chi connectivity index (χ4n) is 3.36. The number of halogens is 1. The molecular formula is C19H18BrNO4S. The molecule has 0 radical (unpaired) electrons. The van der Waals surface area contributed by atoms with E-state index < -0.39 is 0 Å². The number of piperidine rings is 1. The maximum absolute atomic E-state index is 12.8. The molecule has 2 aliphatic rings. The molecule has 3 heterocycles. The molecule has 0 atom stereocenters. The number of amides is 1. The molecule has 1 amide bonds. The number of hydrogen-bond acceptors (Lipinski definition) is 5. The largest absolute Gasteiger partial charge is 0.486 e. The molecule has 136 valence electrons.